The van der Waals surface area contributed by atoms with Crippen LogP contribution in [0.4, 0.5) is 4.79 Å². The molecule has 2 fully saturated rings. The van der Waals surface area contributed by atoms with Crippen LogP contribution in [0.3, 0.4) is 0 Å². The Bertz CT molecular complexity index is 285. The fourth-order valence-electron chi connectivity index (χ4n) is 2.80. The smallest absolute Gasteiger partial charge is 0.320 e. The minimum atomic E-state index is 0.258. The maximum absolute atomic E-state index is 12.5. The number of hydrogen-bond donors (Lipinski definition) is 1. The van der Waals surface area contributed by atoms with Crippen LogP contribution in [0, 0.1) is 11.8 Å². The summed E-state index contributed by atoms with van der Waals surface area (Å²) in [6.07, 6.45) is 2.32. The van der Waals surface area contributed by atoms with Crippen molar-refractivity contribution in [3.05, 3.63) is 0 Å². The average molecular weight is 283 g/mol. The van der Waals surface area contributed by atoms with Crippen molar-refractivity contribution in [2.75, 3.05) is 32.7 Å². The van der Waals surface area contributed by atoms with E-state index in [4.69, 9.17) is 0 Å². The maximum atomic E-state index is 12.5. The number of carbonyl (C=O) groups is 1. The van der Waals surface area contributed by atoms with Crippen LogP contribution in [0.15, 0.2) is 0 Å². The topological polar surface area (TPSA) is 35.6 Å². The molecule has 2 aliphatic rings. The standard InChI is InChI=1S/C14H27N3O.C2H6/c1-11(2)13-10-17(9-6-15-13)14(18)16-7-4-12(3)5-8-16;1-2/h11-13,15H,4-10H2,1-3H3;1-2H3. The van der Waals surface area contributed by atoms with E-state index in [1.54, 1.807) is 0 Å². The van der Waals surface area contributed by atoms with E-state index < -0.39 is 0 Å². The first-order valence-corrected chi connectivity index (χ1v) is 8.35. The van der Waals surface area contributed by atoms with Crippen molar-refractivity contribution in [2.24, 2.45) is 11.8 Å². The van der Waals surface area contributed by atoms with Crippen LogP contribution >= 0.6 is 0 Å². The number of piperidine rings is 1. The first kappa shape index (κ1) is 17.3. The number of amides is 2. The molecule has 2 amide bonds. The lowest BCUT2D eigenvalue weighted by Gasteiger charge is -2.40. The van der Waals surface area contributed by atoms with E-state index >= 15 is 0 Å². The zero-order chi connectivity index (χ0) is 15.1. The van der Waals surface area contributed by atoms with Gasteiger partial charge in [-0.1, -0.05) is 34.6 Å². The molecule has 0 saturated carbocycles. The summed E-state index contributed by atoms with van der Waals surface area (Å²) in [5.74, 6) is 1.36. The van der Waals surface area contributed by atoms with Gasteiger partial charge in [-0.3, -0.25) is 0 Å². The molecule has 4 heteroatoms. The summed E-state index contributed by atoms with van der Waals surface area (Å²) in [4.78, 5) is 16.5. The third-order valence-electron chi connectivity index (χ3n) is 4.33. The molecule has 0 aromatic rings. The second kappa shape index (κ2) is 8.50. The van der Waals surface area contributed by atoms with Crippen molar-refractivity contribution in [1.82, 2.24) is 15.1 Å². The number of hydrogen-bond acceptors (Lipinski definition) is 2. The number of nitrogens with one attached hydrogen (secondary N) is 1. The number of rotatable bonds is 1. The molecule has 0 radical (unpaired) electrons. The molecule has 0 aromatic carbocycles. The molecule has 0 bridgehead atoms. The average Bonchev–Trinajstić information content (AvgIpc) is 2.49. The molecule has 1 N–H and O–H groups in total. The Balaban J connectivity index is 0.000000956. The van der Waals surface area contributed by atoms with Crippen molar-refractivity contribution in [1.29, 1.82) is 0 Å². The van der Waals surface area contributed by atoms with Gasteiger partial charge in [0.15, 0.2) is 0 Å². The summed E-state index contributed by atoms with van der Waals surface area (Å²) in [5.41, 5.74) is 0. The summed E-state index contributed by atoms with van der Waals surface area (Å²) in [5, 5.41) is 3.50. The van der Waals surface area contributed by atoms with Gasteiger partial charge in [0.2, 0.25) is 0 Å². The summed E-state index contributed by atoms with van der Waals surface area (Å²) < 4.78 is 0. The third kappa shape index (κ3) is 4.65. The number of carbonyl (C=O) groups excluding carboxylic acids is 1. The van der Waals surface area contributed by atoms with Gasteiger partial charge in [-0.15, -0.1) is 0 Å². The van der Waals surface area contributed by atoms with Crippen molar-refractivity contribution < 1.29 is 4.79 Å². The Morgan fingerprint density at radius 3 is 2.25 bits per heavy atom. The highest BCUT2D eigenvalue weighted by atomic mass is 16.2. The quantitative estimate of drug-likeness (QED) is 0.803. The van der Waals surface area contributed by atoms with Gasteiger partial charge in [0, 0.05) is 38.8 Å². The van der Waals surface area contributed by atoms with Crippen LogP contribution in [0.2, 0.25) is 0 Å². The Morgan fingerprint density at radius 1 is 1.10 bits per heavy atom. The normalized spacial score (nSPS) is 24.4. The van der Waals surface area contributed by atoms with Gasteiger partial charge in [0.05, 0.1) is 0 Å². The second-order valence-corrected chi connectivity index (χ2v) is 6.20. The van der Waals surface area contributed by atoms with Gasteiger partial charge in [-0.25, -0.2) is 4.79 Å². The highest BCUT2D eigenvalue weighted by Gasteiger charge is 2.29. The van der Waals surface area contributed by atoms with Gasteiger partial charge in [-0.05, 0) is 24.7 Å². The Hall–Kier alpha value is -0.770. The molecular weight excluding hydrogens is 250 g/mol. The number of urea groups is 1. The second-order valence-electron chi connectivity index (χ2n) is 6.20. The predicted molar refractivity (Wildman–Crippen MR) is 84.9 cm³/mol. The van der Waals surface area contributed by atoms with Crippen molar-refractivity contribution in [3.8, 4) is 0 Å². The zero-order valence-electron chi connectivity index (χ0n) is 14.0. The highest BCUT2D eigenvalue weighted by Crippen LogP contribution is 2.18. The lowest BCUT2D eigenvalue weighted by Crippen LogP contribution is -2.58. The zero-order valence-corrected chi connectivity index (χ0v) is 14.0. The molecule has 0 spiro atoms. The van der Waals surface area contributed by atoms with E-state index in [1.807, 2.05) is 23.6 Å². The molecule has 0 aliphatic carbocycles. The fourth-order valence-corrected chi connectivity index (χ4v) is 2.80. The van der Waals surface area contributed by atoms with Gasteiger partial charge >= 0.3 is 6.03 Å². The van der Waals surface area contributed by atoms with Crippen LogP contribution in [0.5, 0.6) is 0 Å². The predicted octanol–water partition coefficient (Wildman–Crippen LogP) is 2.79. The van der Waals surface area contributed by atoms with E-state index in [9.17, 15) is 4.79 Å². The van der Waals surface area contributed by atoms with E-state index in [1.165, 1.54) is 0 Å². The molecule has 4 nitrogen and oxygen atoms in total. The summed E-state index contributed by atoms with van der Waals surface area (Å²) >= 11 is 0. The van der Waals surface area contributed by atoms with Crippen LogP contribution in [-0.2, 0) is 0 Å². The number of likely N-dealkylation sites (tertiary alicyclic amines) is 1. The van der Waals surface area contributed by atoms with Gasteiger partial charge in [0.1, 0.15) is 0 Å². The lowest BCUT2D eigenvalue weighted by atomic mass is 9.99. The first-order valence-electron chi connectivity index (χ1n) is 8.35. The number of piperazine rings is 1. The molecule has 1 unspecified atom stereocenters. The van der Waals surface area contributed by atoms with Crippen LogP contribution in [0.25, 0.3) is 0 Å². The highest BCUT2D eigenvalue weighted by molar-refractivity contribution is 5.74. The molecule has 0 aromatic heterocycles. The van der Waals surface area contributed by atoms with Crippen LogP contribution in [-0.4, -0.2) is 54.6 Å². The van der Waals surface area contributed by atoms with Crippen LogP contribution < -0.4 is 5.32 Å². The van der Waals surface area contributed by atoms with E-state index in [-0.39, 0.29) is 6.03 Å². The Labute approximate surface area is 124 Å². The SMILES string of the molecule is CC.CC1CCN(C(=O)N2CCNC(C(C)C)C2)CC1. The molecule has 118 valence electrons. The van der Waals surface area contributed by atoms with E-state index in [2.05, 4.69) is 26.1 Å². The Morgan fingerprint density at radius 2 is 1.70 bits per heavy atom. The monoisotopic (exact) mass is 283 g/mol. The van der Waals surface area contributed by atoms with Gasteiger partial charge < -0.3 is 15.1 Å². The van der Waals surface area contributed by atoms with Gasteiger partial charge in [-0.2, -0.15) is 0 Å². The largest absolute Gasteiger partial charge is 0.325 e. The summed E-state index contributed by atoms with van der Waals surface area (Å²) in [6.45, 7) is 15.2. The van der Waals surface area contributed by atoms with E-state index in [0.29, 0.717) is 12.0 Å². The molecule has 2 saturated heterocycles. The molecule has 2 rings (SSSR count). The molecule has 2 heterocycles. The lowest BCUT2D eigenvalue weighted by molar-refractivity contribution is 0.116. The minimum Gasteiger partial charge on any atom is -0.325 e. The summed E-state index contributed by atoms with van der Waals surface area (Å²) in [7, 11) is 0. The third-order valence-corrected chi connectivity index (χ3v) is 4.33. The molecule has 2 aliphatic heterocycles. The first-order chi connectivity index (χ1) is 9.58. The van der Waals surface area contributed by atoms with Crippen molar-refractivity contribution in [2.45, 2.75) is 53.5 Å². The maximum Gasteiger partial charge on any atom is 0.320 e. The van der Waals surface area contributed by atoms with E-state index in [0.717, 1.165) is 51.5 Å². The van der Waals surface area contributed by atoms with Crippen molar-refractivity contribution >= 4 is 6.03 Å². The number of nitrogens with zero attached hydrogens (tertiary/aromatic N) is 2. The van der Waals surface area contributed by atoms with Crippen LogP contribution in [0.1, 0.15) is 47.5 Å². The van der Waals surface area contributed by atoms with Gasteiger partial charge in [0.25, 0.3) is 0 Å². The molecule has 20 heavy (non-hydrogen) atoms. The molecule has 1 atom stereocenters. The van der Waals surface area contributed by atoms with Crippen molar-refractivity contribution in [3.63, 3.8) is 0 Å². The minimum absolute atomic E-state index is 0.258. The summed E-state index contributed by atoms with van der Waals surface area (Å²) in [6, 6.07) is 0.709. The fraction of sp³-hybridized carbons (Fsp3) is 0.938. The Kier molecular flexibility index (Phi) is 7.35. The molecular formula is C16H33N3O.